The molecule has 0 radical (unpaired) electrons. The molecule has 1 aliphatic rings. The first kappa shape index (κ1) is 11.3. The number of aryl methyl sites for hydroxylation is 1. The van der Waals surface area contributed by atoms with Crippen molar-refractivity contribution in [2.75, 3.05) is 13.1 Å². The minimum Gasteiger partial charge on any atom is -0.316 e. The zero-order valence-corrected chi connectivity index (χ0v) is 9.70. The van der Waals surface area contributed by atoms with E-state index in [1.165, 1.54) is 6.42 Å². The van der Waals surface area contributed by atoms with Gasteiger partial charge in [0.05, 0.1) is 0 Å². The van der Waals surface area contributed by atoms with Crippen molar-refractivity contribution in [3.63, 3.8) is 0 Å². The SMILES string of the molecule is Cc1ccncc1C(=O)CC1CCCNC1. The van der Waals surface area contributed by atoms with E-state index in [0.717, 1.165) is 30.6 Å². The summed E-state index contributed by atoms with van der Waals surface area (Å²) >= 11 is 0. The molecule has 1 aliphatic heterocycles. The van der Waals surface area contributed by atoms with Gasteiger partial charge in [-0.15, -0.1) is 0 Å². The smallest absolute Gasteiger partial charge is 0.165 e. The highest BCUT2D eigenvalue weighted by atomic mass is 16.1. The maximum Gasteiger partial charge on any atom is 0.165 e. The lowest BCUT2D eigenvalue weighted by molar-refractivity contribution is 0.0953. The fourth-order valence-corrected chi connectivity index (χ4v) is 2.23. The Balaban J connectivity index is 2.00. The van der Waals surface area contributed by atoms with Gasteiger partial charge in [0.2, 0.25) is 0 Å². The van der Waals surface area contributed by atoms with Crippen LogP contribution in [0, 0.1) is 12.8 Å². The number of hydrogen-bond acceptors (Lipinski definition) is 3. The molecule has 3 heteroatoms. The Morgan fingerprint density at radius 3 is 3.19 bits per heavy atom. The van der Waals surface area contributed by atoms with E-state index in [0.29, 0.717) is 12.3 Å². The third kappa shape index (κ3) is 2.67. The molecule has 0 amide bonds. The van der Waals surface area contributed by atoms with Crippen LogP contribution in [0.4, 0.5) is 0 Å². The van der Waals surface area contributed by atoms with Gasteiger partial charge >= 0.3 is 0 Å². The Bertz CT molecular complexity index is 370. The van der Waals surface area contributed by atoms with Crippen molar-refractivity contribution in [1.29, 1.82) is 0 Å². The number of rotatable bonds is 3. The second-order valence-corrected chi connectivity index (χ2v) is 4.53. The molecule has 0 aromatic carbocycles. The molecule has 86 valence electrons. The lowest BCUT2D eigenvalue weighted by atomic mass is 9.91. The summed E-state index contributed by atoms with van der Waals surface area (Å²) in [5, 5.41) is 3.34. The summed E-state index contributed by atoms with van der Waals surface area (Å²) in [5.41, 5.74) is 1.82. The summed E-state index contributed by atoms with van der Waals surface area (Å²) in [6.07, 6.45) is 6.42. The molecule has 1 saturated heterocycles. The predicted octanol–water partition coefficient (Wildman–Crippen LogP) is 1.96. The minimum absolute atomic E-state index is 0.235. The number of nitrogens with one attached hydrogen (secondary N) is 1. The molecule has 16 heavy (non-hydrogen) atoms. The zero-order chi connectivity index (χ0) is 11.4. The van der Waals surface area contributed by atoms with Gasteiger partial charge in [-0.2, -0.15) is 0 Å². The summed E-state index contributed by atoms with van der Waals surface area (Å²) in [4.78, 5) is 16.1. The first-order valence-electron chi connectivity index (χ1n) is 5.92. The van der Waals surface area contributed by atoms with Gasteiger partial charge in [-0.1, -0.05) is 0 Å². The third-order valence-electron chi connectivity index (χ3n) is 3.21. The van der Waals surface area contributed by atoms with Crippen molar-refractivity contribution in [2.45, 2.75) is 26.2 Å². The van der Waals surface area contributed by atoms with Gasteiger partial charge in [-0.3, -0.25) is 9.78 Å². The van der Waals surface area contributed by atoms with Crippen molar-refractivity contribution in [3.8, 4) is 0 Å². The molecule has 1 unspecified atom stereocenters. The second kappa shape index (κ2) is 5.21. The lowest BCUT2D eigenvalue weighted by Gasteiger charge is -2.22. The first-order valence-corrected chi connectivity index (χ1v) is 5.92. The van der Waals surface area contributed by atoms with Crippen LogP contribution in [0.25, 0.3) is 0 Å². The summed E-state index contributed by atoms with van der Waals surface area (Å²) in [5.74, 6) is 0.736. The Hall–Kier alpha value is -1.22. The molecule has 3 nitrogen and oxygen atoms in total. The van der Waals surface area contributed by atoms with Crippen LogP contribution in [-0.2, 0) is 0 Å². The highest BCUT2D eigenvalue weighted by Crippen LogP contribution is 2.18. The summed E-state index contributed by atoms with van der Waals surface area (Å²) in [6.45, 7) is 4.04. The van der Waals surface area contributed by atoms with Crippen LogP contribution in [0.5, 0.6) is 0 Å². The molecular formula is C13H18N2O. The standard InChI is InChI=1S/C13H18N2O/c1-10-4-6-15-9-12(10)13(16)7-11-3-2-5-14-8-11/h4,6,9,11,14H,2-3,5,7-8H2,1H3. The molecule has 1 atom stereocenters. The Labute approximate surface area is 96.3 Å². The Morgan fingerprint density at radius 2 is 2.50 bits per heavy atom. The number of carbonyl (C=O) groups excluding carboxylic acids is 1. The van der Waals surface area contributed by atoms with Crippen molar-refractivity contribution >= 4 is 5.78 Å². The molecule has 1 N–H and O–H groups in total. The summed E-state index contributed by atoms with van der Waals surface area (Å²) < 4.78 is 0. The number of pyridine rings is 1. The normalized spacial score (nSPS) is 20.7. The lowest BCUT2D eigenvalue weighted by Crippen LogP contribution is -2.31. The van der Waals surface area contributed by atoms with Crippen LogP contribution < -0.4 is 5.32 Å². The Kier molecular flexibility index (Phi) is 3.67. The minimum atomic E-state index is 0.235. The largest absolute Gasteiger partial charge is 0.316 e. The van der Waals surface area contributed by atoms with Gasteiger partial charge in [0, 0.05) is 24.4 Å². The van der Waals surface area contributed by atoms with Crippen molar-refractivity contribution in [1.82, 2.24) is 10.3 Å². The molecule has 2 heterocycles. The zero-order valence-electron chi connectivity index (χ0n) is 9.70. The average Bonchev–Trinajstić information content (AvgIpc) is 2.31. The van der Waals surface area contributed by atoms with Crippen LogP contribution in [0.2, 0.25) is 0 Å². The average molecular weight is 218 g/mol. The third-order valence-corrected chi connectivity index (χ3v) is 3.21. The van der Waals surface area contributed by atoms with Gasteiger partial charge in [0.25, 0.3) is 0 Å². The molecule has 1 aromatic rings. The quantitative estimate of drug-likeness (QED) is 0.789. The fourth-order valence-electron chi connectivity index (χ4n) is 2.23. The maximum atomic E-state index is 12.1. The van der Waals surface area contributed by atoms with E-state index < -0.39 is 0 Å². The summed E-state index contributed by atoms with van der Waals surface area (Å²) in [6, 6.07) is 1.90. The molecule has 0 aliphatic carbocycles. The predicted molar refractivity (Wildman–Crippen MR) is 63.5 cm³/mol. The van der Waals surface area contributed by atoms with E-state index in [1.807, 2.05) is 13.0 Å². The number of ketones is 1. The van der Waals surface area contributed by atoms with E-state index in [-0.39, 0.29) is 5.78 Å². The van der Waals surface area contributed by atoms with Gasteiger partial charge in [0.15, 0.2) is 5.78 Å². The van der Waals surface area contributed by atoms with E-state index in [9.17, 15) is 4.79 Å². The molecule has 1 fully saturated rings. The molecule has 0 bridgehead atoms. The van der Waals surface area contributed by atoms with Gasteiger partial charge in [-0.25, -0.2) is 0 Å². The highest BCUT2D eigenvalue weighted by Gasteiger charge is 2.18. The number of nitrogens with zero attached hydrogens (tertiary/aromatic N) is 1. The molecule has 1 aromatic heterocycles. The van der Waals surface area contributed by atoms with E-state index in [1.54, 1.807) is 12.4 Å². The first-order chi connectivity index (χ1) is 7.77. The number of piperidine rings is 1. The van der Waals surface area contributed by atoms with E-state index >= 15 is 0 Å². The van der Waals surface area contributed by atoms with Crippen molar-refractivity contribution in [2.24, 2.45) is 5.92 Å². The topological polar surface area (TPSA) is 42.0 Å². The second-order valence-electron chi connectivity index (χ2n) is 4.53. The fraction of sp³-hybridized carbons (Fsp3) is 0.538. The van der Waals surface area contributed by atoms with Crippen LogP contribution in [0.15, 0.2) is 18.5 Å². The van der Waals surface area contributed by atoms with Gasteiger partial charge in [-0.05, 0) is 50.4 Å². The van der Waals surface area contributed by atoms with Gasteiger partial charge < -0.3 is 5.32 Å². The van der Waals surface area contributed by atoms with Crippen LogP contribution in [0.1, 0.15) is 35.2 Å². The molecule has 0 saturated carbocycles. The van der Waals surface area contributed by atoms with E-state index in [4.69, 9.17) is 0 Å². The van der Waals surface area contributed by atoms with Crippen molar-refractivity contribution in [3.05, 3.63) is 29.6 Å². The Morgan fingerprint density at radius 1 is 1.62 bits per heavy atom. The maximum absolute atomic E-state index is 12.1. The number of carbonyl (C=O) groups is 1. The monoisotopic (exact) mass is 218 g/mol. The number of aromatic nitrogens is 1. The van der Waals surface area contributed by atoms with Crippen LogP contribution in [0.3, 0.4) is 0 Å². The van der Waals surface area contributed by atoms with Crippen molar-refractivity contribution < 1.29 is 4.79 Å². The van der Waals surface area contributed by atoms with E-state index in [2.05, 4.69) is 10.3 Å². The molecular weight excluding hydrogens is 200 g/mol. The molecule has 0 spiro atoms. The molecule has 2 rings (SSSR count). The van der Waals surface area contributed by atoms with Crippen LogP contribution >= 0.6 is 0 Å². The highest BCUT2D eigenvalue weighted by molar-refractivity contribution is 5.97. The number of Topliss-reactive ketones (excluding diaryl/α,β-unsaturated/α-hetero) is 1. The van der Waals surface area contributed by atoms with Crippen LogP contribution in [-0.4, -0.2) is 23.9 Å². The number of hydrogen-bond donors (Lipinski definition) is 1. The summed E-state index contributed by atoms with van der Waals surface area (Å²) in [7, 11) is 0. The van der Waals surface area contributed by atoms with Gasteiger partial charge in [0.1, 0.15) is 0 Å².